The van der Waals surface area contributed by atoms with Gasteiger partial charge in [0.25, 0.3) is 0 Å². The Morgan fingerprint density at radius 2 is 1.93 bits per heavy atom. The van der Waals surface area contributed by atoms with E-state index in [0.29, 0.717) is 22.4 Å². The van der Waals surface area contributed by atoms with Crippen LogP contribution in [0.5, 0.6) is 5.75 Å². The molecule has 1 heterocycles. The van der Waals surface area contributed by atoms with Gasteiger partial charge in [0.1, 0.15) is 24.1 Å². The summed E-state index contributed by atoms with van der Waals surface area (Å²) in [6.45, 7) is -0.719. The van der Waals surface area contributed by atoms with Crippen molar-refractivity contribution in [1.29, 1.82) is 5.26 Å². The predicted octanol–water partition coefficient (Wildman–Crippen LogP) is 2.79. The van der Waals surface area contributed by atoms with Crippen molar-refractivity contribution in [3.05, 3.63) is 64.8 Å². The summed E-state index contributed by atoms with van der Waals surface area (Å²) in [4.78, 5) is 16.2. The summed E-state index contributed by atoms with van der Waals surface area (Å²) in [5.74, 6) is -0.141. The molecule has 3 rings (SSSR count). The molecule has 0 radical (unpaired) electrons. The highest BCUT2D eigenvalue weighted by atomic mass is 35.5. The van der Waals surface area contributed by atoms with Gasteiger partial charge in [-0.15, -0.1) is 0 Å². The Balaban J connectivity index is 1.61. The molecule has 0 saturated heterocycles. The summed E-state index contributed by atoms with van der Waals surface area (Å²) in [5, 5.41) is 9.72. The molecule has 2 aromatic carbocycles. The van der Waals surface area contributed by atoms with Crippen molar-refractivity contribution in [2.45, 2.75) is 11.5 Å². The fourth-order valence-corrected chi connectivity index (χ4v) is 3.72. The van der Waals surface area contributed by atoms with E-state index in [0.717, 1.165) is 5.39 Å². The van der Waals surface area contributed by atoms with Gasteiger partial charge in [0, 0.05) is 17.0 Å². The summed E-state index contributed by atoms with van der Waals surface area (Å²) in [7, 11) is -2.37. The fourth-order valence-electron chi connectivity index (χ4n) is 2.55. The Hall–Kier alpha value is -3.19. The van der Waals surface area contributed by atoms with Gasteiger partial charge in [-0.25, -0.2) is 13.4 Å². The van der Waals surface area contributed by atoms with Crippen LogP contribution < -0.4 is 9.46 Å². The van der Waals surface area contributed by atoms with E-state index in [4.69, 9.17) is 26.3 Å². The third-order valence-corrected chi connectivity index (χ3v) is 5.88. The van der Waals surface area contributed by atoms with Gasteiger partial charge in [0.05, 0.1) is 29.2 Å². The van der Waals surface area contributed by atoms with Crippen LogP contribution in [0.1, 0.15) is 11.1 Å². The fraction of sp³-hybridized carbons (Fsp3) is 0.150. The Morgan fingerprint density at radius 1 is 1.20 bits per heavy atom. The first-order valence-corrected chi connectivity index (χ1v) is 10.5. The van der Waals surface area contributed by atoms with Gasteiger partial charge in [0.2, 0.25) is 10.0 Å². The van der Waals surface area contributed by atoms with Crippen LogP contribution in [0.25, 0.3) is 10.9 Å². The quantitative estimate of drug-likeness (QED) is 0.438. The van der Waals surface area contributed by atoms with E-state index >= 15 is 0 Å². The Kier molecular flexibility index (Phi) is 6.52. The number of nitrogens with zero attached hydrogens (tertiary/aromatic N) is 2. The molecule has 0 aliphatic carbocycles. The summed E-state index contributed by atoms with van der Waals surface area (Å²) in [6, 6.07) is 14.2. The van der Waals surface area contributed by atoms with Gasteiger partial charge in [-0.1, -0.05) is 11.6 Å². The second-order valence-corrected chi connectivity index (χ2v) is 8.24. The van der Waals surface area contributed by atoms with E-state index in [1.807, 2.05) is 6.07 Å². The molecule has 10 heteroatoms. The standard InChI is InChI=1S/C20H16ClN3O5S/c1-28-16-5-4-14-8-15(20(21)24-18(14)9-16)12-29-19(25)11-23-30(26,27)17-6-2-13(10-22)3-7-17/h2-9,23H,11-12H2,1H3. The zero-order valence-corrected chi connectivity index (χ0v) is 17.3. The number of ether oxygens (including phenoxy) is 2. The van der Waals surface area contributed by atoms with Gasteiger partial charge in [-0.2, -0.15) is 9.98 Å². The van der Waals surface area contributed by atoms with Gasteiger partial charge in [0.15, 0.2) is 0 Å². The summed E-state index contributed by atoms with van der Waals surface area (Å²) >= 11 is 6.16. The normalized spacial score (nSPS) is 11.1. The smallest absolute Gasteiger partial charge is 0.321 e. The highest BCUT2D eigenvalue weighted by Crippen LogP contribution is 2.24. The lowest BCUT2D eigenvalue weighted by molar-refractivity contribution is -0.143. The molecule has 30 heavy (non-hydrogen) atoms. The molecule has 3 aromatic rings. The van der Waals surface area contributed by atoms with Crippen molar-refractivity contribution in [3.63, 3.8) is 0 Å². The molecule has 0 atom stereocenters. The first-order valence-electron chi connectivity index (χ1n) is 8.61. The lowest BCUT2D eigenvalue weighted by atomic mass is 10.1. The number of nitrogens with one attached hydrogen (secondary N) is 1. The summed E-state index contributed by atoms with van der Waals surface area (Å²) in [5.41, 5.74) is 1.44. The number of carbonyl (C=O) groups excluding carboxylic acids is 1. The van der Waals surface area contributed by atoms with Crippen LogP contribution in [0.3, 0.4) is 0 Å². The number of halogens is 1. The molecule has 0 aliphatic heterocycles. The Morgan fingerprint density at radius 3 is 2.60 bits per heavy atom. The molecule has 0 amide bonds. The van der Waals surface area contributed by atoms with Crippen molar-refractivity contribution >= 4 is 38.5 Å². The van der Waals surface area contributed by atoms with Crippen molar-refractivity contribution in [3.8, 4) is 11.8 Å². The van der Waals surface area contributed by atoms with Crippen LogP contribution in [-0.2, 0) is 26.2 Å². The molecule has 1 aromatic heterocycles. The Labute approximate surface area is 178 Å². The monoisotopic (exact) mass is 445 g/mol. The van der Waals surface area contributed by atoms with E-state index in [-0.39, 0.29) is 16.7 Å². The van der Waals surface area contributed by atoms with Crippen molar-refractivity contribution in [2.75, 3.05) is 13.7 Å². The lowest BCUT2D eigenvalue weighted by Gasteiger charge is -2.10. The van der Waals surface area contributed by atoms with E-state index < -0.39 is 22.5 Å². The van der Waals surface area contributed by atoms with E-state index in [9.17, 15) is 13.2 Å². The maximum absolute atomic E-state index is 12.2. The molecule has 0 fully saturated rings. The molecular weight excluding hydrogens is 430 g/mol. The lowest BCUT2D eigenvalue weighted by Crippen LogP contribution is -2.30. The molecule has 0 aliphatic rings. The van der Waals surface area contributed by atoms with E-state index in [1.54, 1.807) is 31.4 Å². The van der Waals surface area contributed by atoms with E-state index in [2.05, 4.69) is 9.71 Å². The topological polar surface area (TPSA) is 118 Å². The number of carbonyl (C=O) groups is 1. The zero-order valence-electron chi connectivity index (χ0n) is 15.8. The van der Waals surface area contributed by atoms with Crippen LogP contribution in [0.2, 0.25) is 5.15 Å². The number of rotatable bonds is 7. The Bertz CT molecular complexity index is 1240. The number of hydrogen-bond acceptors (Lipinski definition) is 7. The van der Waals surface area contributed by atoms with Crippen molar-refractivity contribution in [2.24, 2.45) is 0 Å². The number of fused-ring (bicyclic) bond motifs is 1. The van der Waals surface area contributed by atoms with Gasteiger partial charge in [-0.3, -0.25) is 4.79 Å². The minimum absolute atomic E-state index is 0.0634. The second-order valence-electron chi connectivity index (χ2n) is 6.12. The molecular formula is C20H16ClN3O5S. The van der Waals surface area contributed by atoms with Gasteiger partial charge in [-0.05, 0) is 42.5 Å². The molecule has 0 saturated carbocycles. The largest absolute Gasteiger partial charge is 0.497 e. The maximum Gasteiger partial charge on any atom is 0.321 e. The number of aromatic nitrogens is 1. The number of hydrogen-bond donors (Lipinski definition) is 1. The number of benzene rings is 2. The minimum Gasteiger partial charge on any atom is -0.497 e. The average molecular weight is 446 g/mol. The van der Waals surface area contributed by atoms with Gasteiger partial charge < -0.3 is 9.47 Å². The second kappa shape index (κ2) is 9.09. The number of sulfonamides is 1. The van der Waals surface area contributed by atoms with Crippen LogP contribution >= 0.6 is 11.6 Å². The molecule has 0 bridgehead atoms. The minimum atomic E-state index is -3.92. The number of nitriles is 1. The third kappa shape index (κ3) is 5.04. The number of pyridine rings is 1. The van der Waals surface area contributed by atoms with Gasteiger partial charge >= 0.3 is 5.97 Å². The molecule has 154 valence electrons. The molecule has 0 spiro atoms. The first kappa shape index (κ1) is 21.5. The maximum atomic E-state index is 12.2. The highest BCUT2D eigenvalue weighted by molar-refractivity contribution is 7.89. The molecule has 0 unspecified atom stereocenters. The predicted molar refractivity (Wildman–Crippen MR) is 109 cm³/mol. The van der Waals surface area contributed by atoms with Crippen LogP contribution in [0, 0.1) is 11.3 Å². The highest BCUT2D eigenvalue weighted by Gasteiger charge is 2.16. The van der Waals surface area contributed by atoms with Crippen molar-refractivity contribution < 1.29 is 22.7 Å². The average Bonchev–Trinajstić information content (AvgIpc) is 2.76. The van der Waals surface area contributed by atoms with Crippen molar-refractivity contribution in [1.82, 2.24) is 9.71 Å². The summed E-state index contributed by atoms with van der Waals surface area (Å²) < 4.78 is 36.9. The van der Waals surface area contributed by atoms with E-state index in [1.165, 1.54) is 24.3 Å². The van der Waals surface area contributed by atoms with Crippen LogP contribution in [0.4, 0.5) is 0 Å². The third-order valence-electron chi connectivity index (χ3n) is 4.14. The SMILES string of the molecule is COc1ccc2cc(COC(=O)CNS(=O)(=O)c3ccc(C#N)cc3)c(Cl)nc2c1. The first-order chi connectivity index (χ1) is 14.3. The molecule has 8 nitrogen and oxygen atoms in total. The van der Waals surface area contributed by atoms with Crippen LogP contribution in [-0.4, -0.2) is 33.0 Å². The number of methoxy groups -OCH3 is 1. The zero-order chi connectivity index (χ0) is 21.7. The summed E-state index contributed by atoms with van der Waals surface area (Å²) in [6.07, 6.45) is 0. The number of esters is 1. The van der Waals surface area contributed by atoms with Crippen LogP contribution in [0.15, 0.2) is 53.4 Å². The molecule has 1 N–H and O–H groups in total.